The van der Waals surface area contributed by atoms with Crippen LogP contribution < -0.4 is 9.64 Å². The molecule has 3 aromatic rings. The highest BCUT2D eigenvalue weighted by molar-refractivity contribution is 7.16. The Hall–Kier alpha value is -3.05. The standard InChI is InChI=1S/C31H37NO3S/c1-21(2)27-15-16-28(36-27)32-19-18-23-20-25(34-7)13-14-26(23)31(32,6)24-11-8-22(9-12-24)10-17-29(33)35-30(3,4)5/h8-17,20-21H,18-19H2,1-7H3/b17-10+. The number of hydrogen-bond donors (Lipinski definition) is 0. The Labute approximate surface area is 219 Å². The summed E-state index contributed by atoms with van der Waals surface area (Å²) in [6.07, 6.45) is 4.27. The molecule has 0 saturated carbocycles. The van der Waals surface area contributed by atoms with Crippen LogP contribution in [0, 0.1) is 0 Å². The number of carbonyl (C=O) groups excluding carboxylic acids is 1. The van der Waals surface area contributed by atoms with Gasteiger partial charge in [-0.1, -0.05) is 44.2 Å². The van der Waals surface area contributed by atoms with Gasteiger partial charge in [-0.15, -0.1) is 11.3 Å². The van der Waals surface area contributed by atoms with Crippen LogP contribution in [0.3, 0.4) is 0 Å². The van der Waals surface area contributed by atoms with Crippen LogP contribution in [-0.2, 0) is 21.5 Å². The van der Waals surface area contributed by atoms with Gasteiger partial charge in [-0.3, -0.25) is 0 Å². The van der Waals surface area contributed by atoms with E-state index in [0.29, 0.717) is 5.92 Å². The molecule has 0 spiro atoms. The van der Waals surface area contributed by atoms with E-state index in [0.717, 1.165) is 24.3 Å². The second-order valence-corrected chi connectivity index (χ2v) is 11.9. The highest BCUT2D eigenvalue weighted by Crippen LogP contribution is 2.46. The van der Waals surface area contributed by atoms with E-state index in [1.807, 2.05) is 38.2 Å². The van der Waals surface area contributed by atoms with Gasteiger partial charge in [0.05, 0.1) is 17.6 Å². The molecular formula is C31H37NO3S. The minimum Gasteiger partial charge on any atom is -0.497 e. The molecule has 0 aliphatic carbocycles. The SMILES string of the molecule is COc1ccc2c(c1)CCN(c1ccc(C(C)C)s1)C2(C)c1ccc(/C=C/C(=O)OC(C)(C)C)cc1. The molecule has 1 atom stereocenters. The molecule has 0 fully saturated rings. The quantitative estimate of drug-likeness (QED) is 0.257. The number of ether oxygens (including phenoxy) is 2. The zero-order chi connectivity index (χ0) is 26.1. The Bertz CT molecular complexity index is 1250. The molecule has 1 aliphatic heterocycles. The van der Waals surface area contributed by atoms with E-state index < -0.39 is 5.60 Å². The number of rotatable bonds is 6. The lowest BCUT2D eigenvalue weighted by Crippen LogP contribution is -2.49. The van der Waals surface area contributed by atoms with Gasteiger partial charge >= 0.3 is 5.97 Å². The van der Waals surface area contributed by atoms with Crippen molar-refractivity contribution in [3.8, 4) is 5.75 Å². The number of carbonyl (C=O) groups is 1. The monoisotopic (exact) mass is 503 g/mol. The molecule has 1 unspecified atom stereocenters. The number of esters is 1. The minimum atomic E-state index is -0.502. The van der Waals surface area contributed by atoms with Crippen molar-refractivity contribution in [3.63, 3.8) is 0 Å². The molecule has 4 rings (SSSR count). The van der Waals surface area contributed by atoms with E-state index >= 15 is 0 Å². The summed E-state index contributed by atoms with van der Waals surface area (Å²) in [6.45, 7) is 13.3. The number of fused-ring (bicyclic) bond motifs is 1. The van der Waals surface area contributed by atoms with Gasteiger partial charge in [0.1, 0.15) is 11.4 Å². The van der Waals surface area contributed by atoms with Crippen molar-refractivity contribution in [3.05, 3.63) is 87.8 Å². The number of methoxy groups -OCH3 is 1. The van der Waals surface area contributed by atoms with Gasteiger partial charge in [0.25, 0.3) is 0 Å². The molecule has 1 aromatic heterocycles. The van der Waals surface area contributed by atoms with Crippen molar-refractivity contribution in [2.75, 3.05) is 18.6 Å². The molecule has 0 saturated heterocycles. The summed E-state index contributed by atoms with van der Waals surface area (Å²) in [5, 5.41) is 1.29. The van der Waals surface area contributed by atoms with E-state index in [4.69, 9.17) is 9.47 Å². The van der Waals surface area contributed by atoms with Crippen LogP contribution in [0.5, 0.6) is 5.75 Å². The second-order valence-electron chi connectivity index (χ2n) is 10.8. The fourth-order valence-corrected chi connectivity index (χ4v) is 5.97. The third-order valence-corrected chi connectivity index (χ3v) is 8.13. The van der Waals surface area contributed by atoms with Crippen LogP contribution in [0.1, 0.15) is 74.6 Å². The van der Waals surface area contributed by atoms with E-state index in [1.54, 1.807) is 7.11 Å². The molecule has 190 valence electrons. The second kappa shape index (κ2) is 10.1. The smallest absolute Gasteiger partial charge is 0.331 e. The minimum absolute atomic E-state index is 0.335. The predicted molar refractivity (Wildman–Crippen MR) is 150 cm³/mol. The van der Waals surface area contributed by atoms with Crippen molar-refractivity contribution in [2.45, 2.75) is 65.0 Å². The molecule has 0 amide bonds. The molecule has 0 radical (unpaired) electrons. The third-order valence-electron chi connectivity index (χ3n) is 6.72. The maximum absolute atomic E-state index is 12.1. The molecule has 0 N–H and O–H groups in total. The zero-order valence-corrected chi connectivity index (χ0v) is 23.2. The molecule has 0 bridgehead atoms. The Morgan fingerprint density at radius 1 is 1.08 bits per heavy atom. The number of benzene rings is 2. The predicted octanol–water partition coefficient (Wildman–Crippen LogP) is 7.56. The fourth-order valence-electron chi connectivity index (χ4n) is 4.84. The van der Waals surface area contributed by atoms with Gasteiger partial charge in [0, 0.05) is 17.5 Å². The average molecular weight is 504 g/mol. The number of nitrogens with zero attached hydrogens (tertiary/aromatic N) is 1. The Morgan fingerprint density at radius 3 is 2.42 bits per heavy atom. The van der Waals surface area contributed by atoms with Crippen LogP contribution in [0.2, 0.25) is 0 Å². The van der Waals surface area contributed by atoms with Crippen LogP contribution in [0.15, 0.2) is 60.7 Å². The van der Waals surface area contributed by atoms with Crippen LogP contribution in [0.4, 0.5) is 5.00 Å². The van der Waals surface area contributed by atoms with Gasteiger partial charge in [-0.25, -0.2) is 4.79 Å². The zero-order valence-electron chi connectivity index (χ0n) is 22.4. The van der Waals surface area contributed by atoms with Crippen LogP contribution in [-0.4, -0.2) is 25.2 Å². The summed E-state index contributed by atoms with van der Waals surface area (Å²) in [5.41, 5.74) is 3.95. The number of anilines is 1. The van der Waals surface area contributed by atoms with Crippen LogP contribution >= 0.6 is 11.3 Å². The lowest BCUT2D eigenvalue weighted by atomic mass is 9.77. The van der Waals surface area contributed by atoms with Gasteiger partial charge in [-0.05, 0) is 92.6 Å². The molecule has 1 aliphatic rings. The first-order chi connectivity index (χ1) is 17.0. The highest BCUT2D eigenvalue weighted by Gasteiger charge is 2.41. The summed E-state index contributed by atoms with van der Waals surface area (Å²) in [6, 6.07) is 19.5. The Kier molecular flexibility index (Phi) is 7.33. The molecular weight excluding hydrogens is 466 g/mol. The number of hydrogen-bond acceptors (Lipinski definition) is 5. The first-order valence-corrected chi connectivity index (χ1v) is 13.4. The topological polar surface area (TPSA) is 38.8 Å². The first kappa shape index (κ1) is 26.0. The fraction of sp³-hybridized carbons (Fsp3) is 0.387. The van der Waals surface area contributed by atoms with Crippen molar-refractivity contribution < 1.29 is 14.3 Å². The van der Waals surface area contributed by atoms with Crippen molar-refractivity contribution >= 4 is 28.4 Å². The number of thiophene rings is 1. The largest absolute Gasteiger partial charge is 0.497 e. The summed E-state index contributed by atoms with van der Waals surface area (Å²) in [5.74, 6) is 1.07. The third kappa shape index (κ3) is 5.36. The lowest BCUT2D eigenvalue weighted by Gasteiger charge is -2.47. The van der Waals surface area contributed by atoms with Gasteiger partial charge < -0.3 is 14.4 Å². The van der Waals surface area contributed by atoms with Crippen LogP contribution in [0.25, 0.3) is 6.08 Å². The summed E-state index contributed by atoms with van der Waals surface area (Å²) in [7, 11) is 1.72. The van der Waals surface area contributed by atoms with Gasteiger partial charge in [0.2, 0.25) is 0 Å². The summed E-state index contributed by atoms with van der Waals surface area (Å²) >= 11 is 1.88. The Morgan fingerprint density at radius 2 is 1.81 bits per heavy atom. The highest BCUT2D eigenvalue weighted by atomic mass is 32.1. The molecule has 5 heteroatoms. The normalized spacial score (nSPS) is 17.9. The summed E-state index contributed by atoms with van der Waals surface area (Å²) in [4.78, 5) is 16.1. The molecule has 2 aromatic carbocycles. The molecule has 36 heavy (non-hydrogen) atoms. The van der Waals surface area contributed by atoms with E-state index in [-0.39, 0.29) is 11.5 Å². The maximum atomic E-state index is 12.1. The maximum Gasteiger partial charge on any atom is 0.331 e. The summed E-state index contributed by atoms with van der Waals surface area (Å²) < 4.78 is 10.9. The molecule has 2 heterocycles. The first-order valence-electron chi connectivity index (χ1n) is 12.6. The molecule has 4 nitrogen and oxygen atoms in total. The van der Waals surface area contributed by atoms with E-state index in [1.165, 1.54) is 32.6 Å². The van der Waals surface area contributed by atoms with Gasteiger partial charge in [-0.2, -0.15) is 0 Å². The van der Waals surface area contributed by atoms with E-state index in [2.05, 4.69) is 80.3 Å². The lowest BCUT2D eigenvalue weighted by molar-refractivity contribution is -0.148. The van der Waals surface area contributed by atoms with Gasteiger partial charge in [0.15, 0.2) is 0 Å². The van der Waals surface area contributed by atoms with Crippen molar-refractivity contribution in [2.24, 2.45) is 0 Å². The van der Waals surface area contributed by atoms with Crippen molar-refractivity contribution in [1.82, 2.24) is 0 Å². The van der Waals surface area contributed by atoms with E-state index in [9.17, 15) is 4.79 Å². The Balaban J connectivity index is 1.72. The average Bonchev–Trinajstić information content (AvgIpc) is 3.32. The van der Waals surface area contributed by atoms with Crippen molar-refractivity contribution in [1.29, 1.82) is 0 Å².